The van der Waals surface area contributed by atoms with Gasteiger partial charge in [-0.2, -0.15) is 0 Å². The monoisotopic (exact) mass is 451 g/mol. The summed E-state index contributed by atoms with van der Waals surface area (Å²) in [5.41, 5.74) is 4.71. The highest BCUT2D eigenvalue weighted by atomic mass is 16.2. The highest BCUT2D eigenvalue weighted by Gasteiger charge is 2.43. The molecule has 0 radical (unpaired) electrons. The second-order valence-corrected chi connectivity index (χ2v) is 8.69. The van der Waals surface area contributed by atoms with E-state index in [0.717, 1.165) is 0 Å². The molecule has 3 atom stereocenters. The van der Waals surface area contributed by atoms with Crippen molar-refractivity contribution in [3.63, 3.8) is 0 Å². The van der Waals surface area contributed by atoms with Gasteiger partial charge in [-0.1, -0.05) is 40.2 Å². The van der Waals surface area contributed by atoms with Gasteiger partial charge in [0, 0.05) is 13.1 Å². The Hall–Kier alpha value is -2.91. The first-order chi connectivity index (χ1) is 15.0. The fourth-order valence-corrected chi connectivity index (χ4v) is 3.64. The van der Waals surface area contributed by atoms with Gasteiger partial charge in [0.05, 0.1) is 6.04 Å². The zero-order valence-electron chi connectivity index (χ0n) is 19.5. The molecule has 0 aromatic heterocycles. The van der Waals surface area contributed by atoms with Gasteiger partial charge in [-0.3, -0.25) is 19.2 Å². The molecule has 0 aromatic rings. The lowest BCUT2D eigenvalue weighted by Gasteiger charge is -2.37. The summed E-state index contributed by atoms with van der Waals surface area (Å²) in [5.74, 6) is -2.42. The maximum Gasteiger partial charge on any atom is 0.312 e. The molecule has 1 heterocycles. The first-order valence-electron chi connectivity index (χ1n) is 11.1. The molecule has 1 unspecified atom stereocenters. The summed E-state index contributed by atoms with van der Waals surface area (Å²) in [5, 5.41) is 7.60. The number of likely N-dealkylation sites (tertiary alicyclic amines) is 1. The first kappa shape index (κ1) is 27.1. The Kier molecular flexibility index (Phi) is 10.3. The summed E-state index contributed by atoms with van der Waals surface area (Å²) in [6, 6.07) is -3.49. The van der Waals surface area contributed by atoms with Crippen LogP contribution in [0.3, 0.4) is 0 Å². The summed E-state index contributed by atoms with van der Waals surface area (Å²) in [7, 11) is 0. The molecule has 1 aliphatic heterocycles. The molecule has 32 heavy (non-hydrogen) atoms. The average molecular weight is 452 g/mol. The number of hydrogen-bond acceptors (Lipinski definition) is 5. The highest BCUT2D eigenvalue weighted by molar-refractivity contribution is 6.38. The fraction of sp³-hybridized carbons (Fsp3) is 0.682. The van der Waals surface area contributed by atoms with E-state index in [-0.39, 0.29) is 6.54 Å². The van der Waals surface area contributed by atoms with E-state index in [0.29, 0.717) is 38.6 Å². The van der Waals surface area contributed by atoms with Crippen molar-refractivity contribution in [1.29, 1.82) is 0 Å². The van der Waals surface area contributed by atoms with Crippen molar-refractivity contribution in [1.82, 2.24) is 20.9 Å². The molecule has 1 fully saturated rings. The van der Waals surface area contributed by atoms with E-state index in [1.54, 1.807) is 0 Å². The van der Waals surface area contributed by atoms with Crippen LogP contribution in [0.2, 0.25) is 0 Å². The van der Waals surface area contributed by atoms with Crippen LogP contribution in [0.25, 0.3) is 0 Å². The van der Waals surface area contributed by atoms with E-state index < -0.39 is 53.1 Å². The minimum absolute atomic E-state index is 0.143. The number of ketones is 1. The van der Waals surface area contributed by atoms with Crippen molar-refractivity contribution < 1.29 is 24.0 Å². The third-order valence-corrected chi connectivity index (χ3v) is 5.91. The Labute approximate surface area is 189 Å². The second-order valence-electron chi connectivity index (χ2n) is 8.69. The summed E-state index contributed by atoms with van der Waals surface area (Å²) in [6.07, 6.45) is 3.95. The third-order valence-electron chi connectivity index (χ3n) is 5.91. The number of carbonyl (C=O) groups is 5. The number of primary amides is 1. The Morgan fingerprint density at radius 2 is 1.84 bits per heavy atom. The molecule has 1 rings (SSSR count). The maximum atomic E-state index is 13.3. The largest absolute Gasteiger partial charge is 0.352 e. The van der Waals surface area contributed by atoms with Crippen molar-refractivity contribution in [3.8, 4) is 0 Å². The molecule has 10 nitrogen and oxygen atoms in total. The van der Waals surface area contributed by atoms with E-state index >= 15 is 0 Å². The topological polar surface area (TPSA) is 151 Å². The highest BCUT2D eigenvalue weighted by Crippen LogP contribution is 2.29. The molecular formula is C22H37N5O5. The number of carbonyl (C=O) groups excluding carboxylic acids is 5. The van der Waals surface area contributed by atoms with Crippen LogP contribution in [0, 0.1) is 5.41 Å². The SMILES string of the molecule is C=CCNC(=O)C(=O)C(CCC)NC(=O)[C@@H]1CCCN1C(=O)[C@@H](NC(N)=O)C(C)(C)CC. The second kappa shape index (κ2) is 12.2. The summed E-state index contributed by atoms with van der Waals surface area (Å²) in [4.78, 5) is 63.8. The van der Waals surface area contributed by atoms with E-state index in [2.05, 4.69) is 22.5 Å². The van der Waals surface area contributed by atoms with Crippen LogP contribution in [0.4, 0.5) is 4.79 Å². The number of rotatable bonds is 12. The predicted octanol–water partition coefficient (Wildman–Crippen LogP) is 0.607. The number of amides is 5. The van der Waals surface area contributed by atoms with Crippen molar-refractivity contribution in [3.05, 3.63) is 12.7 Å². The van der Waals surface area contributed by atoms with E-state index in [4.69, 9.17) is 5.73 Å². The quantitative estimate of drug-likeness (QED) is 0.253. The predicted molar refractivity (Wildman–Crippen MR) is 120 cm³/mol. The average Bonchev–Trinajstić information content (AvgIpc) is 3.24. The molecular weight excluding hydrogens is 414 g/mol. The molecule has 0 spiro atoms. The Balaban J connectivity index is 3.01. The minimum atomic E-state index is -0.985. The van der Waals surface area contributed by atoms with Crippen molar-refractivity contribution in [2.24, 2.45) is 11.1 Å². The van der Waals surface area contributed by atoms with Gasteiger partial charge in [0.1, 0.15) is 12.1 Å². The lowest BCUT2D eigenvalue weighted by atomic mass is 9.81. The standard InChI is InChI=1S/C22H37N5O5/c1-6-10-14(16(28)19(30)24-12-7-2)25-18(29)15-11-9-13-27(15)20(31)17(26-21(23)32)22(4,5)8-3/h7,14-15,17H,2,6,8-13H2,1,3-5H3,(H,24,30)(H,25,29)(H3,23,26,32)/t14?,15-,17+/m0/s1. The van der Waals surface area contributed by atoms with Gasteiger partial charge >= 0.3 is 6.03 Å². The van der Waals surface area contributed by atoms with Gasteiger partial charge in [0.2, 0.25) is 17.6 Å². The van der Waals surface area contributed by atoms with Crippen LogP contribution < -0.4 is 21.7 Å². The molecule has 5 N–H and O–H groups in total. The fourth-order valence-electron chi connectivity index (χ4n) is 3.64. The lowest BCUT2D eigenvalue weighted by molar-refractivity contribution is -0.144. The smallest absolute Gasteiger partial charge is 0.312 e. The van der Waals surface area contributed by atoms with Crippen LogP contribution in [-0.4, -0.2) is 65.7 Å². The maximum absolute atomic E-state index is 13.3. The van der Waals surface area contributed by atoms with Crippen LogP contribution >= 0.6 is 0 Å². The summed E-state index contributed by atoms with van der Waals surface area (Å²) < 4.78 is 0. The van der Waals surface area contributed by atoms with Gasteiger partial charge < -0.3 is 26.6 Å². The zero-order chi connectivity index (χ0) is 24.5. The van der Waals surface area contributed by atoms with Crippen molar-refractivity contribution >= 4 is 29.5 Å². The van der Waals surface area contributed by atoms with Gasteiger partial charge in [0.15, 0.2) is 0 Å². The van der Waals surface area contributed by atoms with Gasteiger partial charge in [-0.15, -0.1) is 6.58 Å². The first-order valence-corrected chi connectivity index (χ1v) is 11.1. The normalized spacial score (nSPS) is 17.8. The summed E-state index contributed by atoms with van der Waals surface area (Å²) in [6.45, 7) is 11.4. The lowest BCUT2D eigenvalue weighted by Crippen LogP contribution is -2.60. The van der Waals surface area contributed by atoms with Crippen molar-refractivity contribution in [2.45, 2.75) is 77.9 Å². The van der Waals surface area contributed by atoms with Gasteiger partial charge in [-0.25, -0.2) is 4.79 Å². The third kappa shape index (κ3) is 7.06. The number of nitrogens with two attached hydrogens (primary N) is 1. The van der Waals surface area contributed by atoms with Crippen LogP contribution in [0.15, 0.2) is 12.7 Å². The number of nitrogens with zero attached hydrogens (tertiary/aromatic N) is 1. The van der Waals surface area contributed by atoms with Gasteiger partial charge in [-0.05, 0) is 31.1 Å². The number of nitrogens with one attached hydrogen (secondary N) is 3. The van der Waals surface area contributed by atoms with E-state index in [1.807, 2.05) is 27.7 Å². The molecule has 1 saturated heterocycles. The molecule has 180 valence electrons. The Morgan fingerprint density at radius 3 is 2.38 bits per heavy atom. The molecule has 1 aliphatic rings. The van der Waals surface area contributed by atoms with Gasteiger partial charge in [0.25, 0.3) is 5.91 Å². The van der Waals surface area contributed by atoms with E-state index in [1.165, 1.54) is 11.0 Å². The number of hydrogen-bond donors (Lipinski definition) is 4. The molecule has 0 aliphatic carbocycles. The summed E-state index contributed by atoms with van der Waals surface area (Å²) >= 11 is 0. The molecule has 0 bridgehead atoms. The van der Waals surface area contributed by atoms with Crippen LogP contribution in [0.5, 0.6) is 0 Å². The molecule has 10 heteroatoms. The molecule has 0 saturated carbocycles. The zero-order valence-corrected chi connectivity index (χ0v) is 19.5. The number of Topliss-reactive ketones (excluding diaryl/α,β-unsaturated/α-hetero) is 1. The van der Waals surface area contributed by atoms with Crippen LogP contribution in [-0.2, 0) is 19.2 Å². The van der Waals surface area contributed by atoms with E-state index in [9.17, 15) is 24.0 Å². The molecule has 0 aromatic carbocycles. The number of urea groups is 1. The Morgan fingerprint density at radius 1 is 1.19 bits per heavy atom. The Bertz CT molecular complexity index is 736. The molecule has 5 amide bonds. The minimum Gasteiger partial charge on any atom is -0.352 e. The van der Waals surface area contributed by atoms with Crippen LogP contribution in [0.1, 0.15) is 59.8 Å². The van der Waals surface area contributed by atoms with Crippen molar-refractivity contribution in [2.75, 3.05) is 13.1 Å².